The molecule has 1 atom stereocenters. The number of hydrogen-bond acceptors (Lipinski definition) is 3. The number of hydrogen-bond donors (Lipinski definition) is 0. The average Bonchev–Trinajstić information content (AvgIpc) is 2.39. The smallest absolute Gasteiger partial charge is 0.313 e. The molecular weight excluding hydrogens is 306 g/mol. The van der Waals surface area contributed by atoms with Crippen LogP contribution in [0.4, 0.5) is 0 Å². The normalized spacial score (nSPS) is 12.7. The van der Waals surface area contributed by atoms with Crippen molar-refractivity contribution < 1.29 is 9.53 Å². The first-order valence-electron chi connectivity index (χ1n) is 6.17. The van der Waals surface area contributed by atoms with E-state index in [0.717, 1.165) is 16.5 Å². The summed E-state index contributed by atoms with van der Waals surface area (Å²) in [7, 11) is 1.42. The molecule has 1 aromatic heterocycles. The summed E-state index contributed by atoms with van der Waals surface area (Å²) < 4.78 is 5.61. The third-order valence-corrected chi connectivity index (χ3v) is 3.80. The number of rotatable bonds is 3. The van der Waals surface area contributed by atoms with Crippen LogP contribution in [-0.2, 0) is 9.53 Å². The van der Waals surface area contributed by atoms with E-state index >= 15 is 0 Å². The van der Waals surface area contributed by atoms with Crippen molar-refractivity contribution in [3.8, 4) is 0 Å². The number of methoxy groups -OCH3 is 1. The van der Waals surface area contributed by atoms with E-state index in [2.05, 4.69) is 20.9 Å². The molecule has 2 aromatic rings. The van der Waals surface area contributed by atoms with Crippen LogP contribution in [0, 0.1) is 5.92 Å². The molecule has 0 aliphatic rings. The van der Waals surface area contributed by atoms with Crippen molar-refractivity contribution in [1.82, 2.24) is 4.98 Å². The fraction of sp³-hybridized carbons (Fsp3) is 0.333. The average molecular weight is 322 g/mol. The summed E-state index contributed by atoms with van der Waals surface area (Å²) in [6, 6.07) is 9.86. The molecule has 0 N–H and O–H groups in total. The maximum absolute atomic E-state index is 12.0. The number of aromatic nitrogens is 1. The minimum atomic E-state index is -0.309. The highest BCUT2D eigenvalue weighted by Gasteiger charge is 2.27. The lowest BCUT2D eigenvalue weighted by atomic mass is 9.89. The second-order valence-corrected chi connectivity index (χ2v) is 5.56. The van der Waals surface area contributed by atoms with Crippen LogP contribution < -0.4 is 0 Å². The standard InChI is InChI=1S/C15H16BrNO2/c1-9(2)13(15(18)19-3)11-8-10-6-4-5-7-12(10)17-14(11)16/h4-9,13H,1-3H3. The Morgan fingerprint density at radius 3 is 2.63 bits per heavy atom. The molecule has 1 heterocycles. The van der Waals surface area contributed by atoms with Crippen LogP contribution >= 0.6 is 15.9 Å². The fourth-order valence-corrected chi connectivity index (χ4v) is 2.76. The van der Waals surface area contributed by atoms with Gasteiger partial charge < -0.3 is 4.74 Å². The van der Waals surface area contributed by atoms with Crippen LogP contribution in [0.5, 0.6) is 0 Å². The zero-order valence-electron chi connectivity index (χ0n) is 11.2. The molecule has 0 aliphatic heterocycles. The van der Waals surface area contributed by atoms with Gasteiger partial charge in [-0.05, 0) is 34.0 Å². The van der Waals surface area contributed by atoms with Crippen LogP contribution in [0.15, 0.2) is 34.9 Å². The summed E-state index contributed by atoms with van der Waals surface area (Å²) >= 11 is 3.46. The number of para-hydroxylation sites is 1. The van der Waals surface area contributed by atoms with Gasteiger partial charge >= 0.3 is 5.97 Å². The number of ether oxygens (including phenoxy) is 1. The van der Waals surface area contributed by atoms with Crippen molar-refractivity contribution in [2.45, 2.75) is 19.8 Å². The van der Waals surface area contributed by atoms with E-state index in [1.807, 2.05) is 44.2 Å². The molecular formula is C15H16BrNO2. The lowest BCUT2D eigenvalue weighted by Gasteiger charge is -2.20. The summed E-state index contributed by atoms with van der Waals surface area (Å²) in [4.78, 5) is 16.5. The van der Waals surface area contributed by atoms with Gasteiger partial charge in [0.05, 0.1) is 18.5 Å². The summed E-state index contributed by atoms with van der Waals surface area (Å²) in [5.41, 5.74) is 1.78. The lowest BCUT2D eigenvalue weighted by Crippen LogP contribution is -2.20. The van der Waals surface area contributed by atoms with Gasteiger partial charge in [-0.15, -0.1) is 0 Å². The highest BCUT2D eigenvalue weighted by Crippen LogP contribution is 2.32. The molecule has 1 unspecified atom stereocenters. The van der Waals surface area contributed by atoms with Gasteiger partial charge in [0, 0.05) is 10.9 Å². The Balaban J connectivity index is 2.59. The first-order chi connectivity index (χ1) is 9.04. The molecule has 2 rings (SSSR count). The van der Waals surface area contributed by atoms with Gasteiger partial charge in [-0.25, -0.2) is 4.98 Å². The minimum absolute atomic E-state index is 0.145. The number of benzene rings is 1. The Hall–Kier alpha value is -1.42. The van der Waals surface area contributed by atoms with Gasteiger partial charge in [0.25, 0.3) is 0 Å². The van der Waals surface area contributed by atoms with Crippen molar-refractivity contribution in [3.05, 3.63) is 40.5 Å². The number of esters is 1. The fourth-order valence-electron chi connectivity index (χ4n) is 2.21. The Kier molecular flexibility index (Phi) is 4.20. The van der Waals surface area contributed by atoms with E-state index in [0.29, 0.717) is 4.60 Å². The largest absolute Gasteiger partial charge is 0.469 e. The highest BCUT2D eigenvalue weighted by atomic mass is 79.9. The zero-order valence-corrected chi connectivity index (χ0v) is 12.8. The monoisotopic (exact) mass is 321 g/mol. The van der Waals surface area contributed by atoms with E-state index in [4.69, 9.17) is 4.74 Å². The van der Waals surface area contributed by atoms with Crippen molar-refractivity contribution >= 4 is 32.8 Å². The Morgan fingerprint density at radius 1 is 1.32 bits per heavy atom. The number of nitrogens with zero attached hydrogens (tertiary/aromatic N) is 1. The number of carbonyl (C=O) groups is 1. The van der Waals surface area contributed by atoms with Gasteiger partial charge in [-0.1, -0.05) is 32.0 Å². The van der Waals surface area contributed by atoms with Gasteiger partial charge in [-0.3, -0.25) is 4.79 Å². The van der Waals surface area contributed by atoms with E-state index in [9.17, 15) is 4.79 Å². The SMILES string of the molecule is COC(=O)C(c1cc2ccccc2nc1Br)C(C)C. The molecule has 0 fully saturated rings. The molecule has 3 nitrogen and oxygen atoms in total. The van der Waals surface area contributed by atoms with E-state index in [1.54, 1.807) is 0 Å². The molecule has 0 radical (unpaired) electrons. The summed E-state index contributed by atoms with van der Waals surface area (Å²) in [6.07, 6.45) is 0. The number of fused-ring (bicyclic) bond motifs is 1. The van der Waals surface area contributed by atoms with Gasteiger partial charge in [-0.2, -0.15) is 0 Å². The third kappa shape index (κ3) is 2.78. The zero-order chi connectivity index (χ0) is 14.0. The van der Waals surface area contributed by atoms with Crippen LogP contribution in [0.25, 0.3) is 10.9 Å². The van der Waals surface area contributed by atoms with Crippen LogP contribution in [0.1, 0.15) is 25.3 Å². The van der Waals surface area contributed by atoms with Crippen LogP contribution in [0.3, 0.4) is 0 Å². The van der Waals surface area contributed by atoms with Crippen LogP contribution in [0.2, 0.25) is 0 Å². The molecule has 0 saturated heterocycles. The van der Waals surface area contributed by atoms with Gasteiger partial charge in [0.15, 0.2) is 0 Å². The Morgan fingerprint density at radius 2 is 2.00 bits per heavy atom. The molecule has 0 saturated carbocycles. The first-order valence-corrected chi connectivity index (χ1v) is 6.97. The molecule has 1 aromatic carbocycles. The molecule has 19 heavy (non-hydrogen) atoms. The van der Waals surface area contributed by atoms with Crippen molar-refractivity contribution in [1.29, 1.82) is 0 Å². The summed E-state index contributed by atoms with van der Waals surface area (Å²) in [6.45, 7) is 4.01. The number of pyridine rings is 1. The Labute approximate surface area is 121 Å². The molecule has 0 amide bonds. The van der Waals surface area contributed by atoms with Crippen molar-refractivity contribution in [2.75, 3.05) is 7.11 Å². The van der Waals surface area contributed by atoms with Crippen LogP contribution in [-0.4, -0.2) is 18.1 Å². The summed E-state index contributed by atoms with van der Waals surface area (Å²) in [5.74, 6) is -0.393. The third-order valence-electron chi connectivity index (χ3n) is 3.16. The first kappa shape index (κ1) is 14.0. The number of carbonyl (C=O) groups excluding carboxylic acids is 1. The summed E-state index contributed by atoms with van der Waals surface area (Å²) in [5, 5.41) is 1.02. The maximum atomic E-state index is 12.0. The molecule has 0 aliphatic carbocycles. The predicted molar refractivity (Wildman–Crippen MR) is 79.0 cm³/mol. The minimum Gasteiger partial charge on any atom is -0.469 e. The van der Waals surface area contributed by atoms with Gasteiger partial charge in [0.2, 0.25) is 0 Å². The number of halogens is 1. The van der Waals surface area contributed by atoms with E-state index in [1.165, 1.54) is 7.11 Å². The van der Waals surface area contributed by atoms with Crippen molar-refractivity contribution in [3.63, 3.8) is 0 Å². The second kappa shape index (κ2) is 5.70. The highest BCUT2D eigenvalue weighted by molar-refractivity contribution is 9.10. The lowest BCUT2D eigenvalue weighted by molar-refractivity contribution is -0.143. The molecule has 0 bridgehead atoms. The molecule has 0 spiro atoms. The predicted octanol–water partition coefficient (Wildman–Crippen LogP) is 3.91. The van der Waals surface area contributed by atoms with Gasteiger partial charge in [0.1, 0.15) is 4.60 Å². The second-order valence-electron chi connectivity index (χ2n) is 4.81. The maximum Gasteiger partial charge on any atom is 0.313 e. The topological polar surface area (TPSA) is 39.2 Å². The van der Waals surface area contributed by atoms with E-state index in [-0.39, 0.29) is 17.8 Å². The Bertz CT molecular complexity index is 610. The molecule has 100 valence electrons. The molecule has 4 heteroatoms. The quantitative estimate of drug-likeness (QED) is 0.635. The van der Waals surface area contributed by atoms with E-state index < -0.39 is 0 Å². The van der Waals surface area contributed by atoms with Crippen molar-refractivity contribution in [2.24, 2.45) is 5.92 Å².